The standard InChI is InChI=1S/C14H18N2O6S/c1-22-11-2-4-12(5-3-11)23(20,21)15-6-7-16-9-10(14(18)19)8-13(16)17/h2-5,10,15H,6-9H2,1H3,(H,18,19). The minimum Gasteiger partial charge on any atom is -0.497 e. The number of carbonyl (C=O) groups is 2. The number of hydrogen-bond donors (Lipinski definition) is 2. The average molecular weight is 342 g/mol. The van der Waals surface area contributed by atoms with Crippen molar-refractivity contribution in [3.63, 3.8) is 0 Å². The Morgan fingerprint density at radius 2 is 2.04 bits per heavy atom. The van der Waals surface area contributed by atoms with Crippen molar-refractivity contribution < 1.29 is 27.9 Å². The Morgan fingerprint density at radius 1 is 1.39 bits per heavy atom. The number of hydrogen-bond acceptors (Lipinski definition) is 5. The summed E-state index contributed by atoms with van der Waals surface area (Å²) in [5.74, 6) is -1.47. The zero-order valence-corrected chi connectivity index (χ0v) is 13.4. The predicted molar refractivity (Wildman–Crippen MR) is 80.5 cm³/mol. The lowest BCUT2D eigenvalue weighted by Gasteiger charge is -2.16. The molecular formula is C14H18N2O6S. The lowest BCUT2D eigenvalue weighted by atomic mass is 10.1. The molecule has 0 aromatic heterocycles. The molecule has 1 aromatic rings. The van der Waals surface area contributed by atoms with E-state index in [1.54, 1.807) is 0 Å². The monoisotopic (exact) mass is 342 g/mol. The van der Waals surface area contributed by atoms with Gasteiger partial charge >= 0.3 is 5.97 Å². The molecular weight excluding hydrogens is 324 g/mol. The van der Waals surface area contributed by atoms with Crippen molar-refractivity contribution in [3.05, 3.63) is 24.3 Å². The molecule has 8 nitrogen and oxygen atoms in total. The maximum absolute atomic E-state index is 12.1. The van der Waals surface area contributed by atoms with E-state index in [0.717, 1.165) is 0 Å². The van der Waals surface area contributed by atoms with Crippen LogP contribution in [0.25, 0.3) is 0 Å². The molecule has 2 N–H and O–H groups in total. The Bertz CT molecular complexity index is 686. The third kappa shape index (κ3) is 4.20. The van der Waals surface area contributed by atoms with Gasteiger partial charge in [-0.3, -0.25) is 9.59 Å². The number of rotatable bonds is 7. The molecule has 0 spiro atoms. The van der Waals surface area contributed by atoms with E-state index < -0.39 is 21.9 Å². The number of aliphatic carboxylic acids is 1. The molecule has 1 saturated heterocycles. The molecule has 1 heterocycles. The third-order valence-electron chi connectivity index (χ3n) is 3.61. The van der Waals surface area contributed by atoms with E-state index in [2.05, 4.69) is 4.72 Å². The number of ether oxygens (including phenoxy) is 1. The molecule has 2 rings (SSSR count). The van der Waals surface area contributed by atoms with Crippen LogP contribution in [0.3, 0.4) is 0 Å². The summed E-state index contributed by atoms with van der Waals surface area (Å²) in [6.45, 7) is 0.267. The molecule has 1 aromatic carbocycles. The molecule has 0 saturated carbocycles. The maximum atomic E-state index is 12.1. The molecule has 9 heteroatoms. The highest BCUT2D eigenvalue weighted by molar-refractivity contribution is 7.89. The number of carbonyl (C=O) groups excluding carboxylic acids is 1. The van der Waals surface area contributed by atoms with E-state index in [-0.39, 0.29) is 36.9 Å². The van der Waals surface area contributed by atoms with Gasteiger partial charge < -0.3 is 14.7 Å². The van der Waals surface area contributed by atoms with Gasteiger partial charge in [-0.05, 0) is 24.3 Å². The molecule has 1 unspecified atom stereocenters. The second kappa shape index (κ2) is 6.97. The van der Waals surface area contributed by atoms with Crippen molar-refractivity contribution in [2.24, 2.45) is 5.92 Å². The topological polar surface area (TPSA) is 113 Å². The summed E-state index contributed by atoms with van der Waals surface area (Å²) < 4.78 is 31.6. The first-order chi connectivity index (χ1) is 10.8. The number of nitrogens with one attached hydrogen (secondary N) is 1. The Balaban J connectivity index is 1.90. The molecule has 0 radical (unpaired) electrons. The zero-order chi connectivity index (χ0) is 17.0. The summed E-state index contributed by atoms with van der Waals surface area (Å²) in [4.78, 5) is 24.0. The lowest BCUT2D eigenvalue weighted by molar-refractivity contribution is -0.141. The second-order valence-corrected chi connectivity index (χ2v) is 6.92. The zero-order valence-electron chi connectivity index (χ0n) is 12.6. The van der Waals surface area contributed by atoms with E-state index in [1.807, 2.05) is 0 Å². The van der Waals surface area contributed by atoms with Crippen LogP contribution in [0.15, 0.2) is 29.2 Å². The van der Waals surface area contributed by atoms with Crippen LogP contribution in [-0.4, -0.2) is 57.0 Å². The van der Waals surface area contributed by atoms with Gasteiger partial charge in [0.1, 0.15) is 5.75 Å². The van der Waals surface area contributed by atoms with Crippen molar-refractivity contribution >= 4 is 21.9 Å². The minimum atomic E-state index is -3.68. The van der Waals surface area contributed by atoms with Crippen molar-refractivity contribution in [1.29, 1.82) is 0 Å². The van der Waals surface area contributed by atoms with Gasteiger partial charge in [-0.2, -0.15) is 0 Å². The highest BCUT2D eigenvalue weighted by Crippen LogP contribution is 2.18. The fourth-order valence-electron chi connectivity index (χ4n) is 2.31. The van der Waals surface area contributed by atoms with E-state index >= 15 is 0 Å². The minimum absolute atomic E-state index is 0.0203. The van der Waals surface area contributed by atoms with E-state index in [9.17, 15) is 18.0 Å². The molecule has 1 aliphatic heterocycles. The smallest absolute Gasteiger partial charge is 0.308 e. The molecule has 1 atom stereocenters. The Morgan fingerprint density at radius 3 is 2.57 bits per heavy atom. The number of sulfonamides is 1. The predicted octanol–water partition coefficient (Wildman–Crippen LogP) is -0.0934. The first kappa shape index (κ1) is 17.2. The first-order valence-corrected chi connectivity index (χ1v) is 8.46. The van der Waals surface area contributed by atoms with Crippen LogP contribution in [0, 0.1) is 5.92 Å². The average Bonchev–Trinajstić information content (AvgIpc) is 2.89. The summed E-state index contributed by atoms with van der Waals surface area (Å²) in [6, 6.07) is 5.91. The van der Waals surface area contributed by atoms with Gasteiger partial charge in [0, 0.05) is 26.1 Å². The van der Waals surface area contributed by atoms with E-state index in [0.29, 0.717) is 5.75 Å². The number of methoxy groups -OCH3 is 1. The molecule has 126 valence electrons. The Kier molecular flexibility index (Phi) is 5.22. The third-order valence-corrected chi connectivity index (χ3v) is 5.08. The number of nitrogens with zero attached hydrogens (tertiary/aromatic N) is 1. The molecule has 0 bridgehead atoms. The SMILES string of the molecule is COc1ccc(S(=O)(=O)NCCN2CC(C(=O)O)CC2=O)cc1. The number of benzene rings is 1. The van der Waals surface area contributed by atoms with Gasteiger partial charge in [0.2, 0.25) is 15.9 Å². The van der Waals surface area contributed by atoms with Crippen LogP contribution in [0.5, 0.6) is 5.75 Å². The molecule has 1 aliphatic rings. The van der Waals surface area contributed by atoms with Crippen molar-refractivity contribution in [2.45, 2.75) is 11.3 Å². The summed E-state index contributed by atoms with van der Waals surface area (Å²) in [5.41, 5.74) is 0. The van der Waals surface area contributed by atoms with Crippen LogP contribution < -0.4 is 9.46 Å². The van der Waals surface area contributed by atoms with Crippen molar-refractivity contribution in [2.75, 3.05) is 26.7 Å². The normalized spacial score (nSPS) is 18.2. The molecule has 1 amide bonds. The number of likely N-dealkylation sites (tertiary alicyclic amines) is 1. The van der Waals surface area contributed by atoms with Crippen LogP contribution in [0.1, 0.15) is 6.42 Å². The Hall–Kier alpha value is -2.13. The highest BCUT2D eigenvalue weighted by atomic mass is 32.2. The van der Waals surface area contributed by atoms with Gasteiger partial charge in [-0.1, -0.05) is 0 Å². The maximum Gasteiger partial charge on any atom is 0.308 e. The molecule has 1 fully saturated rings. The summed E-state index contributed by atoms with van der Waals surface area (Å²) >= 11 is 0. The highest BCUT2D eigenvalue weighted by Gasteiger charge is 2.33. The van der Waals surface area contributed by atoms with Crippen LogP contribution in [-0.2, 0) is 19.6 Å². The number of carboxylic acid groups (broad SMARTS) is 1. The fourth-order valence-corrected chi connectivity index (χ4v) is 3.33. The van der Waals surface area contributed by atoms with Gasteiger partial charge in [0.05, 0.1) is 17.9 Å². The van der Waals surface area contributed by atoms with E-state index in [4.69, 9.17) is 9.84 Å². The Labute approximate surface area is 134 Å². The quantitative estimate of drug-likeness (QED) is 0.716. The number of amides is 1. The van der Waals surface area contributed by atoms with Gasteiger partial charge in [0.15, 0.2) is 0 Å². The van der Waals surface area contributed by atoms with Crippen LogP contribution in [0.4, 0.5) is 0 Å². The molecule has 0 aliphatic carbocycles. The first-order valence-electron chi connectivity index (χ1n) is 6.98. The molecule has 23 heavy (non-hydrogen) atoms. The summed E-state index contributed by atoms with van der Waals surface area (Å²) in [5, 5.41) is 8.89. The summed E-state index contributed by atoms with van der Waals surface area (Å²) in [6.07, 6.45) is -0.0411. The van der Waals surface area contributed by atoms with Crippen LogP contribution in [0.2, 0.25) is 0 Å². The van der Waals surface area contributed by atoms with Gasteiger partial charge in [-0.15, -0.1) is 0 Å². The van der Waals surface area contributed by atoms with Crippen LogP contribution >= 0.6 is 0 Å². The fraction of sp³-hybridized carbons (Fsp3) is 0.429. The number of carboxylic acids is 1. The van der Waals surface area contributed by atoms with Crippen molar-refractivity contribution in [3.8, 4) is 5.75 Å². The largest absolute Gasteiger partial charge is 0.497 e. The van der Waals surface area contributed by atoms with Gasteiger partial charge in [-0.25, -0.2) is 13.1 Å². The van der Waals surface area contributed by atoms with Gasteiger partial charge in [0.25, 0.3) is 0 Å². The van der Waals surface area contributed by atoms with Crippen molar-refractivity contribution in [1.82, 2.24) is 9.62 Å². The summed E-state index contributed by atoms with van der Waals surface area (Å²) in [7, 11) is -2.20. The second-order valence-electron chi connectivity index (χ2n) is 5.15. The van der Waals surface area contributed by atoms with E-state index in [1.165, 1.54) is 36.3 Å². The lowest BCUT2D eigenvalue weighted by Crippen LogP contribution is -2.36.